The van der Waals surface area contributed by atoms with Crippen LogP contribution in [-0.4, -0.2) is 65.2 Å². The van der Waals surface area contributed by atoms with Crippen LogP contribution in [0.25, 0.3) is 16.9 Å². The smallest absolute Gasteiger partial charge is 0.257 e. The Bertz CT molecular complexity index is 1560. The molecule has 1 aliphatic rings. The molecule has 5 rings (SSSR count). The Kier molecular flexibility index (Phi) is 8.96. The fraction of sp³-hybridized carbons (Fsp3) is 0.273. The van der Waals surface area contributed by atoms with Crippen LogP contribution in [-0.2, 0) is 4.79 Å². The molecule has 1 aromatic heterocycles. The summed E-state index contributed by atoms with van der Waals surface area (Å²) in [7, 11) is 0. The summed E-state index contributed by atoms with van der Waals surface area (Å²) in [5, 5.41) is 10.6. The second kappa shape index (κ2) is 13.2. The van der Waals surface area contributed by atoms with Crippen LogP contribution in [0.4, 0.5) is 0 Å². The Hall–Kier alpha value is -4.92. The maximum atomic E-state index is 14.1. The molecule has 0 aliphatic carbocycles. The second-order valence-corrected chi connectivity index (χ2v) is 10.4. The lowest BCUT2D eigenvalue weighted by atomic mass is 10.1. The molecule has 0 bridgehead atoms. The second-order valence-electron chi connectivity index (χ2n) is 10.4. The molecule has 4 aromatic rings. The van der Waals surface area contributed by atoms with Crippen molar-refractivity contribution in [2.45, 2.75) is 26.7 Å². The summed E-state index contributed by atoms with van der Waals surface area (Å²) in [4.78, 5) is 41.5. The number of carbonyl (C=O) groups is 3. The summed E-state index contributed by atoms with van der Waals surface area (Å²) < 4.78 is 7.52. The van der Waals surface area contributed by atoms with Crippen molar-refractivity contribution in [3.63, 3.8) is 0 Å². The maximum absolute atomic E-state index is 14.1. The van der Waals surface area contributed by atoms with Gasteiger partial charge >= 0.3 is 0 Å². The molecule has 9 nitrogen and oxygen atoms in total. The van der Waals surface area contributed by atoms with E-state index in [1.165, 1.54) is 0 Å². The third-order valence-electron chi connectivity index (χ3n) is 7.14. The molecule has 0 unspecified atom stereocenters. The van der Waals surface area contributed by atoms with Gasteiger partial charge in [-0.1, -0.05) is 59.7 Å². The summed E-state index contributed by atoms with van der Waals surface area (Å²) in [6.45, 7) is 5.32. The lowest BCUT2D eigenvalue weighted by molar-refractivity contribution is -0.121. The van der Waals surface area contributed by atoms with Crippen LogP contribution in [0.15, 0.2) is 79.0 Å². The summed E-state index contributed by atoms with van der Waals surface area (Å²) >= 11 is 0. The molecule has 216 valence electrons. The molecular formula is C33H35N5O4. The van der Waals surface area contributed by atoms with Gasteiger partial charge in [0.2, 0.25) is 5.91 Å². The number of hydrogen-bond donors (Lipinski definition) is 2. The highest BCUT2D eigenvalue weighted by molar-refractivity contribution is 6.00. The Balaban J connectivity index is 1.44. The first kappa shape index (κ1) is 28.6. The molecule has 2 N–H and O–H groups in total. The quantitative estimate of drug-likeness (QED) is 0.385. The lowest BCUT2D eigenvalue weighted by Crippen LogP contribution is -2.39. The van der Waals surface area contributed by atoms with Crippen molar-refractivity contribution in [3.05, 3.63) is 101 Å². The van der Waals surface area contributed by atoms with E-state index in [0.717, 1.165) is 22.4 Å². The minimum atomic E-state index is -0.280. The molecule has 0 spiro atoms. The van der Waals surface area contributed by atoms with Crippen molar-refractivity contribution in [1.82, 2.24) is 25.3 Å². The molecule has 42 heavy (non-hydrogen) atoms. The van der Waals surface area contributed by atoms with Gasteiger partial charge in [0.25, 0.3) is 11.8 Å². The molecule has 0 atom stereocenters. The van der Waals surface area contributed by atoms with Crippen LogP contribution in [0.3, 0.4) is 0 Å². The maximum Gasteiger partial charge on any atom is 0.257 e. The van der Waals surface area contributed by atoms with Gasteiger partial charge in [0.05, 0.1) is 23.4 Å². The average Bonchev–Trinajstić information content (AvgIpc) is 3.44. The fourth-order valence-corrected chi connectivity index (χ4v) is 4.87. The number of aromatic nitrogens is 2. The zero-order valence-corrected chi connectivity index (χ0v) is 23.9. The van der Waals surface area contributed by atoms with Crippen molar-refractivity contribution >= 4 is 17.7 Å². The van der Waals surface area contributed by atoms with Crippen LogP contribution in [0.5, 0.6) is 5.75 Å². The molecule has 3 amide bonds. The number of rotatable bonds is 3. The van der Waals surface area contributed by atoms with Gasteiger partial charge in [-0.25, -0.2) is 4.68 Å². The topological polar surface area (TPSA) is 106 Å². The Labute approximate surface area is 245 Å². The first-order valence-electron chi connectivity index (χ1n) is 14.2. The average molecular weight is 566 g/mol. The summed E-state index contributed by atoms with van der Waals surface area (Å²) in [6.07, 6.45) is 2.49. The monoisotopic (exact) mass is 565 g/mol. The third-order valence-corrected chi connectivity index (χ3v) is 7.14. The van der Waals surface area contributed by atoms with E-state index in [1.807, 2.05) is 74.5 Å². The van der Waals surface area contributed by atoms with Gasteiger partial charge in [0.1, 0.15) is 18.1 Å². The minimum absolute atomic E-state index is 0.114. The van der Waals surface area contributed by atoms with E-state index in [9.17, 15) is 14.4 Å². The highest BCUT2D eigenvalue weighted by Crippen LogP contribution is 2.26. The number of fused-ring (bicyclic) bond motifs is 1. The van der Waals surface area contributed by atoms with E-state index in [1.54, 1.807) is 27.9 Å². The predicted molar refractivity (Wildman–Crippen MR) is 161 cm³/mol. The number of para-hydroxylation sites is 1. The van der Waals surface area contributed by atoms with Crippen LogP contribution in [0, 0.1) is 13.8 Å². The highest BCUT2D eigenvalue weighted by atomic mass is 16.5. The van der Waals surface area contributed by atoms with Crippen molar-refractivity contribution < 1.29 is 19.1 Å². The summed E-state index contributed by atoms with van der Waals surface area (Å²) in [6, 6.07) is 23.0. The van der Waals surface area contributed by atoms with E-state index in [0.29, 0.717) is 42.1 Å². The minimum Gasteiger partial charge on any atom is -0.491 e. The molecular weight excluding hydrogens is 530 g/mol. The van der Waals surface area contributed by atoms with Gasteiger partial charge in [-0.15, -0.1) is 0 Å². The summed E-state index contributed by atoms with van der Waals surface area (Å²) in [5.74, 6) is -0.161. The Morgan fingerprint density at radius 2 is 1.64 bits per heavy atom. The zero-order chi connectivity index (χ0) is 29.5. The van der Waals surface area contributed by atoms with Crippen molar-refractivity contribution in [2.75, 3.05) is 32.8 Å². The highest BCUT2D eigenvalue weighted by Gasteiger charge is 2.24. The molecule has 9 heteroatoms. The molecule has 2 heterocycles. The first-order chi connectivity index (χ1) is 20.4. The van der Waals surface area contributed by atoms with E-state index in [2.05, 4.69) is 10.6 Å². The Morgan fingerprint density at radius 3 is 2.43 bits per heavy atom. The molecule has 1 aliphatic heterocycles. The Morgan fingerprint density at radius 1 is 0.881 bits per heavy atom. The molecule has 0 radical (unpaired) electrons. The number of nitrogens with one attached hydrogen (secondary N) is 2. The van der Waals surface area contributed by atoms with Gasteiger partial charge in [-0.3, -0.25) is 14.4 Å². The number of ether oxygens (including phenoxy) is 1. The van der Waals surface area contributed by atoms with Gasteiger partial charge < -0.3 is 20.3 Å². The fourth-order valence-electron chi connectivity index (χ4n) is 4.87. The van der Waals surface area contributed by atoms with Crippen LogP contribution < -0.4 is 15.4 Å². The van der Waals surface area contributed by atoms with E-state index >= 15 is 0 Å². The zero-order valence-electron chi connectivity index (χ0n) is 23.9. The van der Waals surface area contributed by atoms with Gasteiger partial charge in [-0.05, 0) is 44.5 Å². The number of benzene rings is 3. The van der Waals surface area contributed by atoms with E-state index < -0.39 is 0 Å². The van der Waals surface area contributed by atoms with Crippen molar-refractivity contribution in [1.29, 1.82) is 0 Å². The first-order valence-corrected chi connectivity index (χ1v) is 14.2. The number of aryl methyl sites for hydroxylation is 2. The number of hydrogen-bond acceptors (Lipinski definition) is 5. The van der Waals surface area contributed by atoms with Crippen molar-refractivity contribution in [2.24, 2.45) is 0 Å². The van der Waals surface area contributed by atoms with E-state index in [4.69, 9.17) is 9.84 Å². The van der Waals surface area contributed by atoms with Gasteiger partial charge in [0, 0.05) is 37.8 Å². The molecule has 0 saturated heterocycles. The van der Waals surface area contributed by atoms with Crippen LogP contribution in [0.2, 0.25) is 0 Å². The van der Waals surface area contributed by atoms with Crippen LogP contribution >= 0.6 is 0 Å². The normalized spacial score (nSPS) is 15.0. The number of amides is 3. The van der Waals surface area contributed by atoms with E-state index in [-0.39, 0.29) is 43.8 Å². The molecule has 0 fully saturated rings. The summed E-state index contributed by atoms with van der Waals surface area (Å²) in [5.41, 5.74) is 5.14. The predicted octanol–water partition coefficient (Wildman–Crippen LogP) is 4.32. The third kappa shape index (κ3) is 6.86. The molecule has 3 aromatic carbocycles. The van der Waals surface area contributed by atoms with Gasteiger partial charge in [-0.2, -0.15) is 5.10 Å². The number of nitrogens with zero attached hydrogens (tertiary/aromatic N) is 3. The standard InChI is InChI=1S/C33H35N5O4/c1-23-10-13-25(14-11-23)31-28(22-38(36-31)26-7-4-3-5-8-26)33(41)37-18-6-9-30(39)34-17-20-42-29-15-12-24(2)21-27(29)32(40)35-16-19-37/h3-5,7-8,10-15,21-22H,6,9,16-20H2,1-2H3,(H,34,39)(H,35,40). The molecule has 0 saturated carbocycles. The largest absolute Gasteiger partial charge is 0.491 e. The SMILES string of the molecule is Cc1ccc(-c2nn(-c3ccccc3)cc2C(=O)N2CCCC(=O)NCCOc3ccc(C)cc3C(=O)NCC2)cc1. The number of carbonyl (C=O) groups excluding carboxylic acids is 3. The van der Waals surface area contributed by atoms with Gasteiger partial charge in [0.15, 0.2) is 0 Å². The van der Waals surface area contributed by atoms with Crippen LogP contribution in [0.1, 0.15) is 44.7 Å². The lowest BCUT2D eigenvalue weighted by Gasteiger charge is -2.23. The van der Waals surface area contributed by atoms with Crippen molar-refractivity contribution in [3.8, 4) is 22.7 Å².